The van der Waals surface area contributed by atoms with Crippen molar-refractivity contribution in [1.82, 2.24) is 0 Å². The third-order valence-corrected chi connectivity index (χ3v) is 5.67. The third kappa shape index (κ3) is 2.73. The Kier molecular flexibility index (Phi) is 3.82. The molecule has 2 heteroatoms. The summed E-state index contributed by atoms with van der Waals surface area (Å²) < 4.78 is 6.21. The van der Waals surface area contributed by atoms with Crippen LogP contribution in [0.3, 0.4) is 0 Å². The Hall–Kier alpha value is -4.04. The zero-order chi connectivity index (χ0) is 19.9. The zero-order valence-corrected chi connectivity index (χ0v) is 16.3. The predicted octanol–water partition coefficient (Wildman–Crippen LogP) is 8.15. The van der Waals surface area contributed by atoms with Crippen molar-refractivity contribution in [3.05, 3.63) is 109 Å². The second-order valence-corrected chi connectivity index (χ2v) is 7.51. The fourth-order valence-electron chi connectivity index (χ4n) is 4.18. The summed E-state index contributed by atoms with van der Waals surface area (Å²) >= 11 is 0. The molecule has 0 aliphatic carbocycles. The van der Waals surface area contributed by atoms with Crippen LogP contribution < -0.4 is 5.32 Å². The highest BCUT2D eigenvalue weighted by Crippen LogP contribution is 2.37. The molecule has 0 bridgehead atoms. The molecule has 0 saturated heterocycles. The fourth-order valence-corrected chi connectivity index (χ4v) is 4.18. The number of hydrogen-bond acceptors (Lipinski definition) is 2. The van der Waals surface area contributed by atoms with Crippen LogP contribution in [0.4, 0.5) is 11.4 Å². The van der Waals surface area contributed by atoms with Crippen molar-refractivity contribution >= 4 is 44.1 Å². The first kappa shape index (κ1) is 16.9. The monoisotopic (exact) mass is 385 g/mol. The molecule has 5 aromatic carbocycles. The summed E-state index contributed by atoms with van der Waals surface area (Å²) in [7, 11) is 0. The molecule has 0 atom stereocenters. The Morgan fingerprint density at radius 1 is 0.467 bits per heavy atom. The molecule has 1 heterocycles. The quantitative estimate of drug-likeness (QED) is 0.332. The van der Waals surface area contributed by atoms with Gasteiger partial charge in [-0.3, -0.25) is 0 Å². The number of hydrogen-bond donors (Lipinski definition) is 1. The van der Waals surface area contributed by atoms with E-state index in [2.05, 4.69) is 96.3 Å². The lowest BCUT2D eigenvalue weighted by Gasteiger charge is -2.11. The SMILES string of the molecule is c1ccc(-c2ccc(Nc3cccc4c3ccc3c5ccccc5oc43)cc2)cc1. The number of nitrogens with one attached hydrogen (secondary N) is 1. The molecule has 6 aromatic rings. The molecular formula is C28H19NO. The fraction of sp³-hybridized carbons (Fsp3) is 0. The lowest BCUT2D eigenvalue weighted by molar-refractivity contribution is 0.672. The first-order valence-electron chi connectivity index (χ1n) is 10.1. The Morgan fingerprint density at radius 2 is 1.13 bits per heavy atom. The molecule has 0 amide bonds. The highest BCUT2D eigenvalue weighted by molar-refractivity contribution is 6.17. The first-order valence-corrected chi connectivity index (χ1v) is 10.1. The minimum absolute atomic E-state index is 0.926. The van der Waals surface area contributed by atoms with Gasteiger partial charge in [0.2, 0.25) is 0 Å². The lowest BCUT2D eigenvalue weighted by Crippen LogP contribution is -1.91. The third-order valence-electron chi connectivity index (χ3n) is 5.67. The summed E-state index contributed by atoms with van der Waals surface area (Å²) in [6.07, 6.45) is 0. The molecule has 0 spiro atoms. The summed E-state index contributed by atoms with van der Waals surface area (Å²) in [6, 6.07) is 37.9. The van der Waals surface area contributed by atoms with E-state index in [0.717, 1.165) is 44.1 Å². The van der Waals surface area contributed by atoms with Gasteiger partial charge in [-0.1, -0.05) is 78.9 Å². The molecule has 142 valence electrons. The molecule has 0 aliphatic rings. The van der Waals surface area contributed by atoms with E-state index in [4.69, 9.17) is 4.42 Å². The number of fused-ring (bicyclic) bond motifs is 5. The molecule has 30 heavy (non-hydrogen) atoms. The zero-order valence-electron chi connectivity index (χ0n) is 16.3. The summed E-state index contributed by atoms with van der Waals surface area (Å²) in [5.74, 6) is 0. The van der Waals surface area contributed by atoms with Crippen LogP contribution in [-0.2, 0) is 0 Å². The van der Waals surface area contributed by atoms with Crippen molar-refractivity contribution < 1.29 is 4.42 Å². The van der Waals surface area contributed by atoms with E-state index >= 15 is 0 Å². The molecule has 1 aromatic heterocycles. The summed E-state index contributed by atoms with van der Waals surface area (Å²) in [4.78, 5) is 0. The average Bonchev–Trinajstić information content (AvgIpc) is 3.20. The van der Waals surface area contributed by atoms with Crippen LogP contribution in [0.1, 0.15) is 0 Å². The molecular weight excluding hydrogens is 366 g/mol. The van der Waals surface area contributed by atoms with Crippen molar-refractivity contribution in [1.29, 1.82) is 0 Å². The maximum absolute atomic E-state index is 6.21. The average molecular weight is 385 g/mol. The maximum Gasteiger partial charge on any atom is 0.143 e. The van der Waals surface area contributed by atoms with Gasteiger partial charge in [-0.25, -0.2) is 0 Å². The Balaban J connectivity index is 1.41. The predicted molar refractivity (Wildman–Crippen MR) is 126 cm³/mol. The summed E-state index contributed by atoms with van der Waals surface area (Å²) in [5.41, 5.74) is 6.44. The van der Waals surface area contributed by atoms with Gasteiger partial charge < -0.3 is 9.73 Å². The van der Waals surface area contributed by atoms with Gasteiger partial charge in [0.1, 0.15) is 11.2 Å². The summed E-state index contributed by atoms with van der Waals surface area (Å²) in [5, 5.41) is 8.16. The molecule has 0 fully saturated rings. The van der Waals surface area contributed by atoms with Gasteiger partial charge in [0.15, 0.2) is 0 Å². The van der Waals surface area contributed by atoms with Crippen LogP contribution >= 0.6 is 0 Å². The van der Waals surface area contributed by atoms with E-state index < -0.39 is 0 Å². The highest BCUT2D eigenvalue weighted by atomic mass is 16.3. The standard InChI is InChI=1S/C28H19NO/c1-2-7-19(8-3-1)20-13-15-21(16-14-20)29-26-11-6-10-24-22(26)17-18-25-23-9-4-5-12-27(23)30-28(24)25/h1-18,29H. The largest absolute Gasteiger partial charge is 0.455 e. The second-order valence-electron chi connectivity index (χ2n) is 7.51. The normalized spacial score (nSPS) is 11.3. The number of benzene rings is 5. The van der Waals surface area contributed by atoms with Crippen LogP contribution in [0.25, 0.3) is 43.8 Å². The maximum atomic E-state index is 6.21. The number of rotatable bonds is 3. The Labute approximate surface area is 174 Å². The van der Waals surface area contributed by atoms with Gasteiger partial charge in [-0.2, -0.15) is 0 Å². The van der Waals surface area contributed by atoms with E-state index in [-0.39, 0.29) is 0 Å². The molecule has 6 rings (SSSR count). The van der Waals surface area contributed by atoms with E-state index in [1.165, 1.54) is 11.1 Å². The van der Waals surface area contributed by atoms with Crippen molar-refractivity contribution in [2.45, 2.75) is 0 Å². The molecule has 0 unspecified atom stereocenters. The van der Waals surface area contributed by atoms with E-state index in [1.807, 2.05) is 18.2 Å². The molecule has 0 saturated carbocycles. The number of para-hydroxylation sites is 1. The Bertz CT molecular complexity index is 1490. The minimum atomic E-state index is 0.926. The first-order chi connectivity index (χ1) is 14.9. The molecule has 0 aliphatic heterocycles. The summed E-state index contributed by atoms with van der Waals surface area (Å²) in [6.45, 7) is 0. The lowest BCUT2D eigenvalue weighted by atomic mass is 10.0. The van der Waals surface area contributed by atoms with Crippen molar-refractivity contribution in [3.8, 4) is 11.1 Å². The minimum Gasteiger partial charge on any atom is -0.455 e. The molecule has 2 nitrogen and oxygen atoms in total. The van der Waals surface area contributed by atoms with Crippen LogP contribution in [0.2, 0.25) is 0 Å². The van der Waals surface area contributed by atoms with E-state index in [1.54, 1.807) is 0 Å². The van der Waals surface area contributed by atoms with Gasteiger partial charge in [-0.05, 0) is 41.5 Å². The van der Waals surface area contributed by atoms with Crippen LogP contribution in [0.15, 0.2) is 114 Å². The Morgan fingerprint density at radius 3 is 2.00 bits per heavy atom. The smallest absolute Gasteiger partial charge is 0.143 e. The van der Waals surface area contributed by atoms with Crippen molar-refractivity contribution in [3.63, 3.8) is 0 Å². The van der Waals surface area contributed by atoms with Crippen molar-refractivity contribution in [2.24, 2.45) is 0 Å². The van der Waals surface area contributed by atoms with Crippen LogP contribution in [0.5, 0.6) is 0 Å². The van der Waals surface area contributed by atoms with Gasteiger partial charge in [0.05, 0.1) is 0 Å². The van der Waals surface area contributed by atoms with Crippen LogP contribution in [-0.4, -0.2) is 0 Å². The number of anilines is 2. The topological polar surface area (TPSA) is 25.2 Å². The van der Waals surface area contributed by atoms with Gasteiger partial charge >= 0.3 is 0 Å². The van der Waals surface area contributed by atoms with Gasteiger partial charge in [0.25, 0.3) is 0 Å². The van der Waals surface area contributed by atoms with Gasteiger partial charge in [0, 0.05) is 32.9 Å². The van der Waals surface area contributed by atoms with E-state index in [9.17, 15) is 0 Å². The van der Waals surface area contributed by atoms with E-state index in [0.29, 0.717) is 0 Å². The molecule has 0 radical (unpaired) electrons. The number of furan rings is 1. The van der Waals surface area contributed by atoms with Crippen molar-refractivity contribution in [2.75, 3.05) is 5.32 Å². The van der Waals surface area contributed by atoms with Gasteiger partial charge in [-0.15, -0.1) is 0 Å². The van der Waals surface area contributed by atoms with Crippen LogP contribution in [0, 0.1) is 0 Å². The highest BCUT2D eigenvalue weighted by Gasteiger charge is 2.11. The molecule has 1 N–H and O–H groups in total. The second kappa shape index (κ2) is 6.78.